The molecular weight excluding hydrogens is 282 g/mol. The quantitative estimate of drug-likeness (QED) is 0.869. The van der Waals surface area contributed by atoms with Crippen LogP contribution in [0.1, 0.15) is 31.9 Å². The highest BCUT2D eigenvalue weighted by molar-refractivity contribution is 6.32. The maximum Gasteiger partial charge on any atom is 0.149 e. The van der Waals surface area contributed by atoms with Gasteiger partial charge < -0.3 is 10.5 Å². The first-order valence-electron chi connectivity index (χ1n) is 7.17. The van der Waals surface area contributed by atoms with E-state index in [4.69, 9.17) is 22.1 Å². The normalized spacial score (nSPS) is 11.5. The van der Waals surface area contributed by atoms with Crippen LogP contribution < -0.4 is 10.5 Å². The van der Waals surface area contributed by atoms with Gasteiger partial charge >= 0.3 is 0 Å². The van der Waals surface area contributed by atoms with Gasteiger partial charge in [0.15, 0.2) is 0 Å². The number of hydrogen-bond acceptors (Lipinski definition) is 2. The third-order valence-corrected chi connectivity index (χ3v) is 3.68. The molecule has 0 aliphatic carbocycles. The average Bonchev–Trinajstić information content (AvgIpc) is 2.42. The van der Waals surface area contributed by atoms with Gasteiger partial charge in [0, 0.05) is 0 Å². The molecule has 112 valence electrons. The molecule has 0 aliphatic heterocycles. The van der Waals surface area contributed by atoms with Crippen molar-refractivity contribution in [2.45, 2.75) is 32.6 Å². The van der Waals surface area contributed by atoms with Gasteiger partial charge in [-0.05, 0) is 47.7 Å². The highest BCUT2D eigenvalue weighted by Crippen LogP contribution is 2.34. The fraction of sp³-hybridized carbons (Fsp3) is 0.333. The molecule has 2 nitrogen and oxygen atoms in total. The van der Waals surface area contributed by atoms with E-state index in [0.717, 1.165) is 17.7 Å². The van der Waals surface area contributed by atoms with Crippen molar-refractivity contribution in [1.29, 1.82) is 0 Å². The summed E-state index contributed by atoms with van der Waals surface area (Å²) in [4.78, 5) is 0. The second-order valence-electron chi connectivity index (χ2n) is 6.15. The Balaban J connectivity index is 2.34. The summed E-state index contributed by atoms with van der Waals surface area (Å²) in [6.45, 7) is 7.11. The fourth-order valence-corrected chi connectivity index (χ4v) is 2.40. The zero-order chi connectivity index (χ0) is 15.5. The van der Waals surface area contributed by atoms with E-state index in [9.17, 15) is 0 Å². The van der Waals surface area contributed by atoms with Gasteiger partial charge in [0.1, 0.15) is 11.5 Å². The molecule has 2 aromatic carbocycles. The molecule has 0 atom stereocenters. The minimum Gasteiger partial charge on any atom is -0.456 e. The lowest BCUT2D eigenvalue weighted by Crippen LogP contribution is -2.10. The number of ether oxygens (including phenoxy) is 1. The van der Waals surface area contributed by atoms with Gasteiger partial charge in [-0.1, -0.05) is 56.6 Å². The second kappa shape index (κ2) is 6.50. The Morgan fingerprint density at radius 3 is 2.48 bits per heavy atom. The van der Waals surface area contributed by atoms with Crippen LogP contribution in [0.3, 0.4) is 0 Å². The lowest BCUT2D eigenvalue weighted by Gasteiger charge is -2.20. The van der Waals surface area contributed by atoms with Crippen LogP contribution in [0, 0.1) is 0 Å². The van der Waals surface area contributed by atoms with Crippen molar-refractivity contribution < 1.29 is 4.74 Å². The maximum absolute atomic E-state index is 6.28. The molecule has 0 aliphatic rings. The van der Waals surface area contributed by atoms with Crippen molar-refractivity contribution in [3.05, 3.63) is 58.6 Å². The van der Waals surface area contributed by atoms with Gasteiger partial charge in [0.2, 0.25) is 0 Å². The van der Waals surface area contributed by atoms with Gasteiger partial charge in [-0.15, -0.1) is 0 Å². The molecule has 0 saturated carbocycles. The van der Waals surface area contributed by atoms with Crippen molar-refractivity contribution in [3.63, 3.8) is 0 Å². The molecule has 2 aromatic rings. The molecule has 0 heterocycles. The van der Waals surface area contributed by atoms with E-state index in [2.05, 4.69) is 32.9 Å². The first-order valence-corrected chi connectivity index (χ1v) is 7.55. The predicted molar refractivity (Wildman–Crippen MR) is 89.4 cm³/mol. The Kier molecular flexibility index (Phi) is 4.92. The number of halogens is 1. The summed E-state index contributed by atoms with van der Waals surface area (Å²) in [5.74, 6) is 1.50. The number of benzene rings is 2. The molecule has 21 heavy (non-hydrogen) atoms. The third kappa shape index (κ3) is 3.99. The number of para-hydroxylation sites is 1. The van der Waals surface area contributed by atoms with E-state index in [1.807, 2.05) is 30.3 Å². The van der Waals surface area contributed by atoms with E-state index in [-0.39, 0.29) is 5.41 Å². The zero-order valence-corrected chi connectivity index (χ0v) is 13.6. The maximum atomic E-state index is 6.28. The molecule has 2 N–H and O–H groups in total. The SMILES string of the molecule is CC(C)(C)c1cccc(Oc2c(Cl)cccc2CCN)c1. The minimum absolute atomic E-state index is 0.0833. The Labute approximate surface area is 131 Å². The summed E-state index contributed by atoms with van der Waals surface area (Å²) in [5.41, 5.74) is 8.00. The molecule has 0 aromatic heterocycles. The summed E-state index contributed by atoms with van der Waals surface area (Å²) in [7, 11) is 0. The van der Waals surface area contributed by atoms with Crippen LogP contribution in [0.25, 0.3) is 0 Å². The summed E-state index contributed by atoms with van der Waals surface area (Å²) < 4.78 is 6.04. The number of hydrogen-bond donors (Lipinski definition) is 1. The van der Waals surface area contributed by atoms with E-state index in [1.165, 1.54) is 5.56 Å². The highest BCUT2D eigenvalue weighted by atomic mass is 35.5. The van der Waals surface area contributed by atoms with Gasteiger partial charge in [0.25, 0.3) is 0 Å². The van der Waals surface area contributed by atoms with Crippen LogP contribution >= 0.6 is 11.6 Å². The van der Waals surface area contributed by atoms with Gasteiger partial charge in [-0.2, -0.15) is 0 Å². The van der Waals surface area contributed by atoms with Crippen molar-refractivity contribution >= 4 is 11.6 Å². The number of rotatable bonds is 4. The molecule has 0 unspecified atom stereocenters. The second-order valence-corrected chi connectivity index (χ2v) is 6.55. The van der Waals surface area contributed by atoms with Crippen molar-refractivity contribution in [2.75, 3.05) is 6.54 Å². The molecule has 0 bridgehead atoms. The van der Waals surface area contributed by atoms with Crippen molar-refractivity contribution in [3.8, 4) is 11.5 Å². The Bertz CT molecular complexity index is 617. The predicted octanol–water partition coefficient (Wildman–Crippen LogP) is 4.93. The molecule has 0 fully saturated rings. The van der Waals surface area contributed by atoms with Crippen molar-refractivity contribution in [1.82, 2.24) is 0 Å². The first-order chi connectivity index (χ1) is 9.91. The van der Waals surface area contributed by atoms with Gasteiger partial charge in [-0.25, -0.2) is 0 Å². The van der Waals surface area contributed by atoms with Crippen LogP contribution in [0.15, 0.2) is 42.5 Å². The summed E-state index contributed by atoms with van der Waals surface area (Å²) in [6.07, 6.45) is 0.745. The zero-order valence-electron chi connectivity index (χ0n) is 12.8. The molecule has 0 saturated heterocycles. The first kappa shape index (κ1) is 15.9. The summed E-state index contributed by atoms with van der Waals surface area (Å²) in [5, 5.41) is 0.613. The van der Waals surface area contributed by atoms with Gasteiger partial charge in [-0.3, -0.25) is 0 Å². The molecular formula is C18H22ClNO. The van der Waals surface area contributed by atoms with E-state index < -0.39 is 0 Å². The molecule has 0 spiro atoms. The monoisotopic (exact) mass is 303 g/mol. The highest BCUT2D eigenvalue weighted by Gasteiger charge is 2.15. The smallest absolute Gasteiger partial charge is 0.149 e. The average molecular weight is 304 g/mol. The Hall–Kier alpha value is -1.51. The topological polar surface area (TPSA) is 35.2 Å². The van der Waals surface area contributed by atoms with E-state index in [0.29, 0.717) is 17.3 Å². The molecule has 0 amide bonds. The van der Waals surface area contributed by atoms with Crippen LogP contribution in [-0.4, -0.2) is 6.54 Å². The van der Waals surface area contributed by atoms with Gasteiger partial charge in [0.05, 0.1) is 5.02 Å². The van der Waals surface area contributed by atoms with Crippen LogP contribution in [0.4, 0.5) is 0 Å². The lowest BCUT2D eigenvalue weighted by molar-refractivity contribution is 0.472. The van der Waals surface area contributed by atoms with E-state index >= 15 is 0 Å². The standard InChI is InChI=1S/C18H22ClNO/c1-18(2,3)14-7-5-8-15(12-14)21-17-13(10-11-20)6-4-9-16(17)19/h4-9,12H,10-11,20H2,1-3H3. The largest absolute Gasteiger partial charge is 0.456 e. The third-order valence-electron chi connectivity index (χ3n) is 3.38. The summed E-state index contributed by atoms with van der Waals surface area (Å²) in [6, 6.07) is 13.9. The molecule has 3 heteroatoms. The fourth-order valence-electron chi connectivity index (χ4n) is 2.16. The van der Waals surface area contributed by atoms with Crippen LogP contribution in [-0.2, 0) is 11.8 Å². The van der Waals surface area contributed by atoms with Crippen LogP contribution in [0.5, 0.6) is 11.5 Å². The molecule has 0 radical (unpaired) electrons. The van der Waals surface area contributed by atoms with E-state index in [1.54, 1.807) is 0 Å². The Morgan fingerprint density at radius 2 is 1.81 bits per heavy atom. The molecule has 2 rings (SSSR count). The minimum atomic E-state index is 0.0833. The number of nitrogens with two attached hydrogens (primary N) is 1. The van der Waals surface area contributed by atoms with Crippen molar-refractivity contribution in [2.24, 2.45) is 5.73 Å². The lowest BCUT2D eigenvalue weighted by atomic mass is 9.87. The van der Waals surface area contributed by atoms with Crippen LogP contribution in [0.2, 0.25) is 5.02 Å². The Morgan fingerprint density at radius 1 is 1.10 bits per heavy atom. The summed E-state index contributed by atoms with van der Waals surface area (Å²) >= 11 is 6.28.